The molecule has 0 spiro atoms. The molecule has 0 atom stereocenters. The first-order valence-electron chi connectivity index (χ1n) is 6.76. The summed E-state index contributed by atoms with van der Waals surface area (Å²) in [5.74, 6) is -0.892. The molecule has 3 rings (SSSR count). The number of fused-ring (bicyclic) bond motifs is 1. The molecule has 3 aromatic rings. The molecule has 0 unspecified atom stereocenters. The molecule has 0 bridgehead atoms. The van der Waals surface area contributed by atoms with Crippen LogP contribution in [0.25, 0.3) is 22.0 Å². The van der Waals surface area contributed by atoms with Crippen LogP contribution in [0.5, 0.6) is 0 Å². The van der Waals surface area contributed by atoms with Crippen LogP contribution < -0.4 is 0 Å². The predicted octanol–water partition coefficient (Wildman–Crippen LogP) is 4.22. The zero-order valence-corrected chi connectivity index (χ0v) is 11.9. The Morgan fingerprint density at radius 2 is 1.86 bits per heavy atom. The lowest BCUT2D eigenvalue weighted by Crippen LogP contribution is -2.01. The Hall–Kier alpha value is -2.68. The lowest BCUT2D eigenvalue weighted by Gasteiger charge is -2.11. The maximum absolute atomic E-state index is 11.3. The molecular weight excluding hydrogens is 262 g/mol. The molecule has 0 aliphatic rings. The van der Waals surface area contributed by atoms with E-state index >= 15 is 0 Å². The van der Waals surface area contributed by atoms with Gasteiger partial charge in [-0.1, -0.05) is 18.2 Å². The van der Waals surface area contributed by atoms with Gasteiger partial charge in [-0.05, 0) is 60.4 Å². The van der Waals surface area contributed by atoms with Gasteiger partial charge in [-0.2, -0.15) is 0 Å². The molecule has 3 heteroatoms. The van der Waals surface area contributed by atoms with Gasteiger partial charge in [-0.25, -0.2) is 4.79 Å². The van der Waals surface area contributed by atoms with Crippen molar-refractivity contribution in [2.45, 2.75) is 13.8 Å². The van der Waals surface area contributed by atoms with Gasteiger partial charge < -0.3 is 5.11 Å². The van der Waals surface area contributed by atoms with E-state index < -0.39 is 5.97 Å². The van der Waals surface area contributed by atoms with Crippen LogP contribution in [0.4, 0.5) is 0 Å². The number of aryl methyl sites for hydroxylation is 2. The summed E-state index contributed by atoms with van der Waals surface area (Å²) in [6.07, 6.45) is 1.77. The highest BCUT2D eigenvalue weighted by molar-refractivity contribution is 5.92. The van der Waals surface area contributed by atoms with Gasteiger partial charge in [0.1, 0.15) is 0 Å². The number of aromatic nitrogens is 1. The largest absolute Gasteiger partial charge is 0.478 e. The standard InChI is InChI=1S/C18H15NO2/c1-11-8-12(2)16(18(20)21)10-15(11)13-5-6-17-14(9-13)4-3-7-19-17/h3-10H,1-2H3,(H,20,21). The Kier molecular flexibility index (Phi) is 3.18. The van der Waals surface area contributed by atoms with E-state index in [1.165, 1.54) is 0 Å². The molecule has 1 aromatic heterocycles. The fourth-order valence-electron chi connectivity index (χ4n) is 2.64. The van der Waals surface area contributed by atoms with Crippen LogP contribution in [0.15, 0.2) is 48.7 Å². The second-order valence-electron chi connectivity index (χ2n) is 5.20. The minimum atomic E-state index is -0.892. The van der Waals surface area contributed by atoms with E-state index in [2.05, 4.69) is 4.98 Å². The Labute approximate surface area is 122 Å². The lowest BCUT2D eigenvalue weighted by molar-refractivity contribution is 0.0696. The molecule has 1 N–H and O–H groups in total. The maximum Gasteiger partial charge on any atom is 0.335 e. The van der Waals surface area contributed by atoms with E-state index in [1.54, 1.807) is 12.3 Å². The van der Waals surface area contributed by atoms with Crippen molar-refractivity contribution in [3.05, 3.63) is 65.4 Å². The van der Waals surface area contributed by atoms with Crippen LogP contribution >= 0.6 is 0 Å². The molecule has 2 aromatic carbocycles. The van der Waals surface area contributed by atoms with Crippen LogP contribution in [-0.4, -0.2) is 16.1 Å². The van der Waals surface area contributed by atoms with Crippen molar-refractivity contribution in [3.63, 3.8) is 0 Å². The van der Waals surface area contributed by atoms with E-state index in [-0.39, 0.29) is 0 Å². The second-order valence-corrected chi connectivity index (χ2v) is 5.20. The first-order chi connectivity index (χ1) is 10.1. The summed E-state index contributed by atoms with van der Waals surface area (Å²) in [6, 6.07) is 13.6. The second kappa shape index (κ2) is 5.02. The van der Waals surface area contributed by atoms with Crippen molar-refractivity contribution in [1.29, 1.82) is 0 Å². The van der Waals surface area contributed by atoms with Gasteiger partial charge in [0, 0.05) is 11.6 Å². The van der Waals surface area contributed by atoms with Crippen LogP contribution in [0.1, 0.15) is 21.5 Å². The average molecular weight is 277 g/mol. The van der Waals surface area contributed by atoms with Gasteiger partial charge in [0.2, 0.25) is 0 Å². The maximum atomic E-state index is 11.3. The number of carbonyl (C=O) groups is 1. The summed E-state index contributed by atoms with van der Waals surface area (Å²) in [4.78, 5) is 15.6. The molecule has 0 saturated carbocycles. The Morgan fingerprint density at radius 3 is 2.62 bits per heavy atom. The van der Waals surface area contributed by atoms with E-state index in [0.717, 1.165) is 33.2 Å². The van der Waals surface area contributed by atoms with Gasteiger partial charge in [-0.3, -0.25) is 4.98 Å². The molecule has 21 heavy (non-hydrogen) atoms. The average Bonchev–Trinajstić information content (AvgIpc) is 2.46. The van der Waals surface area contributed by atoms with Crippen molar-refractivity contribution in [1.82, 2.24) is 4.98 Å². The summed E-state index contributed by atoms with van der Waals surface area (Å²) in [6.45, 7) is 3.83. The first kappa shape index (κ1) is 13.3. The molecule has 0 amide bonds. The number of hydrogen-bond donors (Lipinski definition) is 1. The molecular formula is C18H15NO2. The number of hydrogen-bond acceptors (Lipinski definition) is 2. The van der Waals surface area contributed by atoms with Gasteiger partial charge in [-0.15, -0.1) is 0 Å². The molecule has 104 valence electrons. The monoisotopic (exact) mass is 277 g/mol. The fourth-order valence-corrected chi connectivity index (χ4v) is 2.64. The summed E-state index contributed by atoms with van der Waals surface area (Å²) in [7, 11) is 0. The van der Waals surface area contributed by atoms with Crippen LogP contribution in [0.2, 0.25) is 0 Å². The van der Waals surface area contributed by atoms with Gasteiger partial charge in [0.25, 0.3) is 0 Å². The minimum Gasteiger partial charge on any atom is -0.478 e. The highest BCUT2D eigenvalue weighted by Gasteiger charge is 2.12. The predicted molar refractivity (Wildman–Crippen MR) is 83.6 cm³/mol. The van der Waals surface area contributed by atoms with Crippen LogP contribution in [0, 0.1) is 13.8 Å². The van der Waals surface area contributed by atoms with Crippen LogP contribution in [-0.2, 0) is 0 Å². The summed E-state index contributed by atoms with van der Waals surface area (Å²) in [5.41, 5.74) is 5.09. The van der Waals surface area contributed by atoms with Gasteiger partial charge in [0.05, 0.1) is 11.1 Å². The first-order valence-corrected chi connectivity index (χ1v) is 6.76. The molecule has 0 saturated heterocycles. The quantitative estimate of drug-likeness (QED) is 0.763. The molecule has 0 aliphatic carbocycles. The summed E-state index contributed by atoms with van der Waals surface area (Å²) in [5, 5.41) is 10.3. The van der Waals surface area contributed by atoms with Crippen molar-refractivity contribution in [2.24, 2.45) is 0 Å². The van der Waals surface area contributed by atoms with Crippen molar-refractivity contribution in [2.75, 3.05) is 0 Å². The number of rotatable bonds is 2. The van der Waals surface area contributed by atoms with E-state index in [0.29, 0.717) is 5.56 Å². The minimum absolute atomic E-state index is 0.349. The van der Waals surface area contributed by atoms with E-state index in [1.807, 2.05) is 50.2 Å². The Morgan fingerprint density at radius 1 is 1.05 bits per heavy atom. The van der Waals surface area contributed by atoms with Gasteiger partial charge in [0.15, 0.2) is 0 Å². The third-order valence-corrected chi connectivity index (χ3v) is 3.72. The molecule has 0 aliphatic heterocycles. The molecule has 1 heterocycles. The number of aromatic carboxylic acids is 1. The zero-order chi connectivity index (χ0) is 15.0. The van der Waals surface area contributed by atoms with E-state index in [4.69, 9.17) is 0 Å². The van der Waals surface area contributed by atoms with Crippen molar-refractivity contribution >= 4 is 16.9 Å². The number of nitrogens with zero attached hydrogens (tertiary/aromatic N) is 1. The van der Waals surface area contributed by atoms with Crippen molar-refractivity contribution in [3.8, 4) is 11.1 Å². The van der Waals surface area contributed by atoms with E-state index in [9.17, 15) is 9.90 Å². The number of carboxylic acids is 1. The third kappa shape index (κ3) is 2.38. The highest BCUT2D eigenvalue weighted by atomic mass is 16.4. The molecule has 3 nitrogen and oxygen atoms in total. The summed E-state index contributed by atoms with van der Waals surface area (Å²) < 4.78 is 0. The normalized spacial score (nSPS) is 10.8. The number of pyridine rings is 1. The number of benzene rings is 2. The summed E-state index contributed by atoms with van der Waals surface area (Å²) >= 11 is 0. The zero-order valence-electron chi connectivity index (χ0n) is 11.9. The molecule has 0 radical (unpaired) electrons. The third-order valence-electron chi connectivity index (χ3n) is 3.72. The van der Waals surface area contributed by atoms with Gasteiger partial charge >= 0.3 is 5.97 Å². The van der Waals surface area contributed by atoms with Crippen LogP contribution in [0.3, 0.4) is 0 Å². The smallest absolute Gasteiger partial charge is 0.335 e. The van der Waals surface area contributed by atoms with Crippen molar-refractivity contribution < 1.29 is 9.90 Å². The topological polar surface area (TPSA) is 50.2 Å². The Bertz CT molecular complexity index is 853. The highest BCUT2D eigenvalue weighted by Crippen LogP contribution is 2.29. The molecule has 0 fully saturated rings. The Balaban J connectivity index is 2.22. The SMILES string of the molecule is Cc1cc(C)c(-c2ccc3ncccc3c2)cc1C(=O)O. The lowest BCUT2D eigenvalue weighted by atomic mass is 9.94. The number of carboxylic acid groups (broad SMARTS) is 1. The fraction of sp³-hybridized carbons (Fsp3) is 0.111.